The van der Waals surface area contributed by atoms with Crippen LogP contribution in [0.2, 0.25) is 0 Å². The standard InChI is InChI=1S/C51H70N10O8/c1-32(62)22-23-45(64)57-41(27-33-13-4-2-5-14-33)47(66)58-39-20-11-24-54-46(65)35(17-10-25-55-51(52)53)30-44(63)40(29-36-31-56-38-19-9-8-18-37(36)38)59-48(67)42(28-34-15-6-3-7-16-34)60-49(68)43-21-12-26-61(43)50(39)69/h2,4-5,8-9,13-14,18-19,31,34-35,39-43,56H,3,6-7,10-12,15-17,20-30H2,1H3,(H,54,65)(H,57,64)(H,58,66)(H,59,67)(H,60,68)(H4,52,53,55)/t35-,39+,40+,41+,42-,43+/m1/s1. The second-order valence-electron chi connectivity index (χ2n) is 18.9. The highest BCUT2D eigenvalue weighted by Crippen LogP contribution is 2.29. The molecule has 2 aromatic carbocycles. The first-order valence-corrected chi connectivity index (χ1v) is 24.7. The predicted octanol–water partition coefficient (Wildman–Crippen LogP) is 2.76. The lowest BCUT2D eigenvalue weighted by Gasteiger charge is -2.32. The van der Waals surface area contributed by atoms with Gasteiger partial charge in [0.1, 0.15) is 30.0 Å². The molecule has 0 radical (unpaired) electrons. The number of Topliss-reactive ketones (excluding diaryl/α,β-unsaturated/α-hetero) is 2. The molecule has 1 aliphatic carbocycles. The van der Waals surface area contributed by atoms with E-state index in [0.29, 0.717) is 25.7 Å². The summed E-state index contributed by atoms with van der Waals surface area (Å²) in [5, 5.41) is 15.5. The van der Waals surface area contributed by atoms with Crippen molar-refractivity contribution >= 4 is 63.9 Å². The summed E-state index contributed by atoms with van der Waals surface area (Å²) >= 11 is 0. The van der Waals surface area contributed by atoms with Crippen LogP contribution in [0.3, 0.4) is 0 Å². The Bertz CT molecular complexity index is 2310. The molecule has 3 fully saturated rings. The van der Waals surface area contributed by atoms with Gasteiger partial charge < -0.3 is 52.7 Å². The predicted molar refractivity (Wildman–Crippen MR) is 261 cm³/mol. The first kappa shape index (κ1) is 51.8. The minimum atomic E-state index is -1.17. The number of hydrogen-bond acceptors (Lipinski definition) is 9. The quantitative estimate of drug-likeness (QED) is 0.0591. The number of aliphatic imine (C=N–C) groups is 1. The van der Waals surface area contributed by atoms with Gasteiger partial charge in [0.2, 0.25) is 35.4 Å². The van der Waals surface area contributed by atoms with Crippen LogP contribution in [0, 0.1) is 11.8 Å². The molecule has 0 unspecified atom stereocenters. The van der Waals surface area contributed by atoms with Crippen LogP contribution >= 0.6 is 0 Å². The van der Waals surface area contributed by atoms with Crippen LogP contribution < -0.4 is 38.1 Å². The normalized spacial score (nSPS) is 22.8. The number of aromatic nitrogens is 1. The van der Waals surface area contributed by atoms with E-state index in [4.69, 9.17) is 11.5 Å². The maximum absolute atomic E-state index is 14.8. The summed E-state index contributed by atoms with van der Waals surface area (Å²) < 4.78 is 0. The van der Waals surface area contributed by atoms with Crippen molar-refractivity contribution in [2.75, 3.05) is 19.6 Å². The topological polar surface area (TPSA) is 280 Å². The van der Waals surface area contributed by atoms with Gasteiger partial charge in [-0.25, -0.2) is 0 Å². The van der Waals surface area contributed by atoms with Crippen molar-refractivity contribution in [2.24, 2.45) is 28.3 Å². The molecule has 3 heterocycles. The fourth-order valence-corrected chi connectivity index (χ4v) is 9.86. The van der Waals surface area contributed by atoms with Crippen LogP contribution in [0.4, 0.5) is 0 Å². The van der Waals surface area contributed by atoms with Gasteiger partial charge in [-0.15, -0.1) is 0 Å². The van der Waals surface area contributed by atoms with Gasteiger partial charge in [0, 0.05) is 74.8 Å². The zero-order chi connectivity index (χ0) is 49.3. The molecule has 1 aromatic heterocycles. The van der Waals surface area contributed by atoms with E-state index in [0.717, 1.165) is 54.1 Å². The van der Waals surface area contributed by atoms with E-state index in [1.165, 1.54) is 11.8 Å². The van der Waals surface area contributed by atoms with Crippen molar-refractivity contribution in [3.8, 4) is 0 Å². The Hall–Kier alpha value is -6.59. The van der Waals surface area contributed by atoms with Gasteiger partial charge in [0.05, 0.1) is 6.04 Å². The Morgan fingerprint density at radius 2 is 1.57 bits per heavy atom. The summed E-state index contributed by atoms with van der Waals surface area (Å²) in [4.78, 5) is 120. The zero-order valence-corrected chi connectivity index (χ0v) is 39.8. The summed E-state index contributed by atoms with van der Waals surface area (Å²) in [5.74, 6) is -4.41. The first-order valence-electron chi connectivity index (χ1n) is 24.7. The first-order chi connectivity index (χ1) is 33.2. The molecule has 18 heteroatoms. The molecule has 0 spiro atoms. The summed E-state index contributed by atoms with van der Waals surface area (Å²) in [6.07, 6.45) is 8.59. The summed E-state index contributed by atoms with van der Waals surface area (Å²) in [6.45, 7) is 1.90. The number of H-pyrrole nitrogens is 1. The number of amides is 6. The molecule has 0 bridgehead atoms. The number of nitrogens with two attached hydrogens (primary N) is 2. The number of para-hydroxylation sites is 1. The van der Waals surface area contributed by atoms with Crippen molar-refractivity contribution in [3.63, 3.8) is 0 Å². The van der Waals surface area contributed by atoms with Gasteiger partial charge in [-0.1, -0.05) is 80.6 Å². The number of guanidine groups is 1. The SMILES string of the molecule is CC(=O)CCC(=O)N[C@@H](Cc1ccccc1)C(=O)N[C@H]1CCCNC(=O)[C@H](CCCN=C(N)N)CC(=O)[C@H](Cc2c[nH]c3ccccc23)NC(=O)[C@@H](CC2CCCCC2)NC(=O)[C@@H]2CCCN2C1=O. The molecule has 372 valence electrons. The molecular weight excluding hydrogens is 881 g/mol. The minimum Gasteiger partial charge on any atom is -0.370 e. The number of benzene rings is 2. The van der Waals surface area contributed by atoms with Gasteiger partial charge in [0.15, 0.2) is 11.7 Å². The summed E-state index contributed by atoms with van der Waals surface area (Å²) in [5.41, 5.74) is 13.6. The van der Waals surface area contributed by atoms with E-state index in [9.17, 15) is 38.4 Å². The lowest BCUT2D eigenvalue weighted by atomic mass is 9.84. The molecule has 18 nitrogen and oxygen atoms in total. The number of carbonyl (C=O) groups excluding carboxylic acids is 8. The van der Waals surface area contributed by atoms with Crippen LogP contribution in [0.5, 0.6) is 0 Å². The third kappa shape index (κ3) is 15.5. The smallest absolute Gasteiger partial charge is 0.245 e. The highest BCUT2D eigenvalue weighted by molar-refractivity contribution is 5.98. The summed E-state index contributed by atoms with van der Waals surface area (Å²) in [7, 11) is 0. The lowest BCUT2D eigenvalue weighted by Crippen LogP contribution is -2.59. The van der Waals surface area contributed by atoms with Crippen molar-refractivity contribution in [1.29, 1.82) is 0 Å². The maximum atomic E-state index is 14.8. The van der Waals surface area contributed by atoms with Crippen LogP contribution in [0.25, 0.3) is 10.9 Å². The monoisotopic (exact) mass is 951 g/mol. The summed E-state index contributed by atoms with van der Waals surface area (Å²) in [6, 6.07) is 11.4. The van der Waals surface area contributed by atoms with Gasteiger partial charge in [0.25, 0.3) is 0 Å². The number of ketones is 2. The van der Waals surface area contributed by atoms with Gasteiger partial charge in [-0.2, -0.15) is 0 Å². The molecule has 3 aliphatic rings. The maximum Gasteiger partial charge on any atom is 0.245 e. The van der Waals surface area contributed by atoms with Gasteiger partial charge in [-0.05, 0) is 75.0 Å². The number of fused-ring (bicyclic) bond motifs is 2. The van der Waals surface area contributed by atoms with E-state index in [1.54, 1.807) is 12.1 Å². The third-order valence-corrected chi connectivity index (χ3v) is 13.6. The van der Waals surface area contributed by atoms with Crippen molar-refractivity contribution in [1.82, 2.24) is 36.5 Å². The molecule has 2 saturated heterocycles. The van der Waals surface area contributed by atoms with Crippen LogP contribution in [0.1, 0.15) is 114 Å². The van der Waals surface area contributed by atoms with Crippen molar-refractivity contribution in [2.45, 2.75) is 146 Å². The second-order valence-corrected chi connectivity index (χ2v) is 18.9. The Kier molecular flexibility index (Phi) is 19.3. The fourth-order valence-electron chi connectivity index (χ4n) is 9.86. The van der Waals surface area contributed by atoms with E-state index >= 15 is 0 Å². The van der Waals surface area contributed by atoms with Crippen LogP contribution in [-0.2, 0) is 51.2 Å². The Morgan fingerprint density at radius 1 is 0.826 bits per heavy atom. The molecule has 6 atom stereocenters. The highest BCUT2D eigenvalue weighted by atomic mass is 16.2. The second kappa shape index (κ2) is 25.7. The molecule has 2 aliphatic heterocycles. The number of rotatable bonds is 16. The lowest BCUT2D eigenvalue weighted by molar-refractivity contribution is -0.143. The molecule has 1 saturated carbocycles. The molecule has 10 N–H and O–H groups in total. The Labute approximate surface area is 403 Å². The van der Waals surface area contributed by atoms with E-state index < -0.39 is 71.6 Å². The molecule has 3 aromatic rings. The number of nitrogens with zero attached hydrogens (tertiary/aromatic N) is 2. The number of nitrogens with one attached hydrogen (secondary N) is 6. The highest BCUT2D eigenvalue weighted by Gasteiger charge is 2.41. The largest absolute Gasteiger partial charge is 0.370 e. The van der Waals surface area contributed by atoms with Gasteiger partial charge >= 0.3 is 0 Å². The van der Waals surface area contributed by atoms with E-state index in [2.05, 4.69) is 36.6 Å². The van der Waals surface area contributed by atoms with Gasteiger partial charge in [-0.3, -0.25) is 38.6 Å². The van der Waals surface area contributed by atoms with Crippen molar-refractivity contribution < 1.29 is 38.4 Å². The Balaban J connectivity index is 1.31. The van der Waals surface area contributed by atoms with E-state index in [1.807, 2.05) is 48.7 Å². The van der Waals surface area contributed by atoms with E-state index in [-0.39, 0.29) is 94.4 Å². The van der Waals surface area contributed by atoms with Crippen LogP contribution in [-0.4, -0.2) is 113 Å². The van der Waals surface area contributed by atoms with Crippen molar-refractivity contribution in [3.05, 3.63) is 71.9 Å². The average Bonchev–Trinajstić information content (AvgIpc) is 4.00. The number of aromatic amines is 1. The number of hydrogen-bond donors (Lipinski definition) is 8. The molecular formula is C51H70N10O8. The average molecular weight is 951 g/mol. The number of carbonyl (C=O) groups is 8. The molecule has 6 amide bonds. The molecule has 6 rings (SSSR count). The fraction of sp³-hybridized carbons (Fsp3) is 0.549. The Morgan fingerprint density at radius 3 is 2.32 bits per heavy atom. The zero-order valence-electron chi connectivity index (χ0n) is 39.8. The molecule has 69 heavy (non-hydrogen) atoms. The van der Waals surface area contributed by atoms with Crippen LogP contribution in [0.15, 0.2) is 65.8 Å². The minimum absolute atomic E-state index is 0.00317. The third-order valence-electron chi connectivity index (χ3n) is 13.6.